The lowest BCUT2D eigenvalue weighted by Gasteiger charge is -2.30. The van der Waals surface area contributed by atoms with Gasteiger partial charge in [0, 0.05) is 11.3 Å². The van der Waals surface area contributed by atoms with Gasteiger partial charge in [-0.2, -0.15) is 0 Å². The Balaban J connectivity index is 2.43. The molecule has 0 unspecified atom stereocenters. The van der Waals surface area contributed by atoms with Crippen LogP contribution in [0.25, 0.3) is 0 Å². The molecule has 0 N–H and O–H groups in total. The van der Waals surface area contributed by atoms with Crippen LogP contribution in [0.5, 0.6) is 0 Å². The maximum Gasteiger partial charge on any atom is 0.278 e. The Bertz CT molecular complexity index is 673. The van der Waals surface area contributed by atoms with Crippen molar-refractivity contribution in [2.45, 2.75) is 71.9 Å². The number of nitrogens with zero attached hydrogens (tertiary/aromatic N) is 2. The highest BCUT2D eigenvalue weighted by Crippen LogP contribution is 2.34. The first-order valence-corrected chi connectivity index (χ1v) is 16.1. The minimum absolute atomic E-state index is 0.00174. The molecule has 1 amide bonds. The van der Waals surface area contributed by atoms with Crippen LogP contribution in [0.1, 0.15) is 37.3 Å². The number of amides is 1. The highest BCUT2D eigenvalue weighted by Gasteiger charge is 2.41. The number of aryl methyl sites for hydroxylation is 1. The second-order valence-electron chi connectivity index (χ2n) is 8.76. The minimum Gasteiger partial charge on any atom is -0.455 e. The largest absolute Gasteiger partial charge is 0.455 e. The molecule has 0 fully saturated rings. The SMILES string of the molecule is CCCCCc1ccc2c(c1)/C(=N/O[Si](C)(C)C)C(=O)N2[Si](C)(C)C. The molecule has 0 spiro atoms. The molecule has 1 aliphatic heterocycles. The number of fused-ring (bicyclic) bond motifs is 1. The molecule has 0 saturated carbocycles. The number of unbranched alkanes of at least 4 members (excludes halogenated alkanes) is 2. The molecule has 0 aromatic heterocycles. The number of benzene rings is 1. The fourth-order valence-corrected chi connectivity index (χ4v) is 4.97. The van der Waals surface area contributed by atoms with Gasteiger partial charge in [-0.1, -0.05) is 50.6 Å². The van der Waals surface area contributed by atoms with Crippen molar-refractivity contribution in [3.8, 4) is 0 Å². The van der Waals surface area contributed by atoms with Crippen molar-refractivity contribution in [1.82, 2.24) is 0 Å². The molecule has 1 aromatic rings. The van der Waals surface area contributed by atoms with Gasteiger partial charge < -0.3 is 9.09 Å². The average molecular weight is 377 g/mol. The van der Waals surface area contributed by atoms with E-state index in [2.05, 4.69) is 69.6 Å². The van der Waals surface area contributed by atoms with E-state index in [1.54, 1.807) is 0 Å². The number of anilines is 1. The van der Waals surface area contributed by atoms with Crippen LogP contribution in [0.2, 0.25) is 39.3 Å². The van der Waals surface area contributed by atoms with E-state index < -0.39 is 16.6 Å². The normalized spacial score (nSPS) is 16.5. The first-order valence-electron chi connectivity index (χ1n) is 9.28. The van der Waals surface area contributed by atoms with Gasteiger partial charge in [0.25, 0.3) is 14.2 Å². The predicted molar refractivity (Wildman–Crippen MR) is 111 cm³/mol. The van der Waals surface area contributed by atoms with Gasteiger partial charge in [-0.3, -0.25) is 4.79 Å². The van der Waals surface area contributed by atoms with E-state index in [1.165, 1.54) is 24.8 Å². The quantitative estimate of drug-likeness (QED) is 0.375. The Hall–Kier alpha value is -1.41. The molecule has 1 heterocycles. The molecule has 0 aliphatic carbocycles. The first kappa shape index (κ1) is 19.9. The fourth-order valence-electron chi connectivity index (χ4n) is 2.97. The van der Waals surface area contributed by atoms with E-state index in [4.69, 9.17) is 4.53 Å². The van der Waals surface area contributed by atoms with Gasteiger partial charge in [0.2, 0.25) is 0 Å². The molecule has 1 aliphatic rings. The van der Waals surface area contributed by atoms with E-state index in [1.807, 2.05) is 4.57 Å². The van der Waals surface area contributed by atoms with Crippen LogP contribution in [0.15, 0.2) is 23.4 Å². The average Bonchev–Trinajstić information content (AvgIpc) is 2.75. The maximum atomic E-state index is 13.1. The fraction of sp³-hybridized carbons (Fsp3) is 0.579. The van der Waals surface area contributed by atoms with Gasteiger partial charge in [0.15, 0.2) is 13.9 Å². The number of rotatable bonds is 7. The summed E-state index contributed by atoms with van der Waals surface area (Å²) in [6.45, 7) is 15.0. The Kier molecular flexibility index (Phi) is 5.94. The number of hydrogen-bond acceptors (Lipinski definition) is 3. The summed E-state index contributed by atoms with van der Waals surface area (Å²) in [5.41, 5.74) is 3.70. The van der Waals surface area contributed by atoms with E-state index in [0.717, 1.165) is 17.7 Å². The van der Waals surface area contributed by atoms with Crippen LogP contribution >= 0.6 is 0 Å². The molecule has 138 valence electrons. The van der Waals surface area contributed by atoms with Gasteiger partial charge in [0.05, 0.1) is 0 Å². The monoisotopic (exact) mass is 376 g/mol. The molecule has 0 atom stereocenters. The van der Waals surface area contributed by atoms with Crippen LogP contribution in [0, 0.1) is 0 Å². The third-order valence-electron chi connectivity index (χ3n) is 4.11. The number of carbonyl (C=O) groups is 1. The van der Waals surface area contributed by atoms with Crippen LogP contribution in [-0.2, 0) is 15.7 Å². The lowest BCUT2D eigenvalue weighted by Crippen LogP contribution is -2.49. The van der Waals surface area contributed by atoms with Crippen molar-refractivity contribution in [2.24, 2.45) is 5.16 Å². The Morgan fingerprint density at radius 1 is 1.08 bits per heavy atom. The van der Waals surface area contributed by atoms with Crippen LogP contribution < -0.4 is 4.57 Å². The lowest BCUT2D eigenvalue weighted by atomic mass is 10.0. The molecule has 2 rings (SSSR count). The van der Waals surface area contributed by atoms with Crippen molar-refractivity contribution in [2.75, 3.05) is 4.57 Å². The second kappa shape index (κ2) is 7.45. The van der Waals surface area contributed by atoms with Gasteiger partial charge in [0.1, 0.15) is 0 Å². The summed E-state index contributed by atoms with van der Waals surface area (Å²) in [5, 5.41) is 4.33. The predicted octanol–water partition coefficient (Wildman–Crippen LogP) is 5.16. The van der Waals surface area contributed by atoms with Crippen molar-refractivity contribution in [3.05, 3.63) is 29.3 Å². The summed E-state index contributed by atoms with van der Waals surface area (Å²) in [4.78, 5) is 13.1. The third-order valence-corrected chi connectivity index (χ3v) is 6.54. The molecular weight excluding hydrogens is 344 g/mol. The van der Waals surface area contributed by atoms with Crippen LogP contribution in [0.4, 0.5) is 5.69 Å². The zero-order chi connectivity index (χ0) is 18.8. The summed E-state index contributed by atoms with van der Waals surface area (Å²) < 4.78 is 7.71. The van der Waals surface area contributed by atoms with Crippen molar-refractivity contribution in [3.63, 3.8) is 0 Å². The highest BCUT2D eigenvalue weighted by molar-refractivity contribution is 6.87. The van der Waals surface area contributed by atoms with Crippen molar-refractivity contribution in [1.29, 1.82) is 0 Å². The summed E-state index contributed by atoms with van der Waals surface area (Å²) >= 11 is 0. The Morgan fingerprint density at radius 2 is 1.76 bits per heavy atom. The van der Waals surface area contributed by atoms with Crippen molar-refractivity contribution < 1.29 is 9.32 Å². The van der Waals surface area contributed by atoms with Gasteiger partial charge in [-0.25, -0.2) is 0 Å². The van der Waals surface area contributed by atoms with Crippen LogP contribution in [0.3, 0.4) is 0 Å². The molecule has 0 radical (unpaired) electrons. The molecular formula is C19H32N2O2Si2. The topological polar surface area (TPSA) is 41.9 Å². The zero-order valence-electron chi connectivity index (χ0n) is 16.8. The smallest absolute Gasteiger partial charge is 0.278 e. The zero-order valence-corrected chi connectivity index (χ0v) is 18.8. The second-order valence-corrected chi connectivity index (χ2v) is 18.0. The highest BCUT2D eigenvalue weighted by atomic mass is 28.4. The summed E-state index contributed by atoms with van der Waals surface area (Å²) in [5.74, 6) is -0.00174. The summed E-state index contributed by atoms with van der Waals surface area (Å²) in [7, 11) is -3.67. The third kappa shape index (κ3) is 4.82. The van der Waals surface area contributed by atoms with Gasteiger partial charge in [-0.15, -0.1) is 0 Å². The number of oxime groups is 1. The van der Waals surface area contributed by atoms with Crippen molar-refractivity contribution >= 4 is 33.9 Å². The number of carbonyl (C=O) groups excluding carboxylic acids is 1. The molecule has 25 heavy (non-hydrogen) atoms. The standard InChI is InChI=1S/C19H32N2O2Si2/c1-8-9-10-11-15-12-13-17-16(14-15)18(20-23-25(5,6)7)19(22)21(17)24(2,3)4/h12-14H,8-11H2,1-7H3/b20-18-. The van der Waals surface area contributed by atoms with Gasteiger partial charge >= 0.3 is 0 Å². The molecule has 0 saturated heterocycles. The molecule has 4 nitrogen and oxygen atoms in total. The van der Waals surface area contributed by atoms with Crippen LogP contribution in [-0.4, -0.2) is 28.2 Å². The molecule has 1 aromatic carbocycles. The summed E-state index contributed by atoms with van der Waals surface area (Å²) in [6.07, 6.45) is 4.67. The van der Waals surface area contributed by atoms with Gasteiger partial charge in [-0.05, 0) is 50.2 Å². The summed E-state index contributed by atoms with van der Waals surface area (Å²) in [6, 6.07) is 6.41. The van der Waals surface area contributed by atoms with E-state index in [0.29, 0.717) is 5.71 Å². The maximum absolute atomic E-state index is 13.1. The molecule has 6 heteroatoms. The lowest BCUT2D eigenvalue weighted by molar-refractivity contribution is -0.111. The Labute approximate surface area is 154 Å². The minimum atomic E-state index is -1.85. The molecule has 0 bridgehead atoms. The van der Waals surface area contributed by atoms with E-state index in [9.17, 15) is 4.79 Å². The Morgan fingerprint density at radius 3 is 2.32 bits per heavy atom. The number of hydrogen-bond donors (Lipinski definition) is 0. The van der Waals surface area contributed by atoms with E-state index in [-0.39, 0.29) is 5.91 Å². The first-order chi connectivity index (χ1) is 11.5. The van der Waals surface area contributed by atoms with E-state index >= 15 is 0 Å².